The van der Waals surface area contributed by atoms with E-state index in [1.165, 1.54) is 17.5 Å². The third-order valence-corrected chi connectivity index (χ3v) is 5.96. The number of nitrogens with zero attached hydrogens (tertiary/aromatic N) is 8. The van der Waals surface area contributed by atoms with Crippen LogP contribution in [-0.4, -0.2) is 79.4 Å². The molecule has 1 aliphatic heterocycles. The number of anilines is 1. The van der Waals surface area contributed by atoms with Gasteiger partial charge >= 0.3 is 0 Å². The molecular formula is C19H30N10O2. The summed E-state index contributed by atoms with van der Waals surface area (Å²) in [6.07, 6.45) is 6.48. The lowest BCUT2D eigenvalue weighted by molar-refractivity contribution is 0.0944. The number of aromatic nitrogens is 5. The molecule has 0 aromatic carbocycles. The van der Waals surface area contributed by atoms with Gasteiger partial charge in [-0.05, 0) is 42.5 Å². The normalized spacial score (nSPS) is 18.7. The van der Waals surface area contributed by atoms with E-state index in [2.05, 4.69) is 47.9 Å². The fourth-order valence-electron chi connectivity index (χ4n) is 4.03. The van der Waals surface area contributed by atoms with Gasteiger partial charge in [0, 0.05) is 38.4 Å². The molecule has 0 unspecified atom stereocenters. The Morgan fingerprint density at radius 2 is 1.81 bits per heavy atom. The number of carbonyl (C=O) groups is 1. The second-order valence-corrected chi connectivity index (χ2v) is 8.01. The summed E-state index contributed by atoms with van der Waals surface area (Å²) in [6, 6.07) is 0. The number of nitrogens with one attached hydrogen (secondary N) is 1. The predicted molar refractivity (Wildman–Crippen MR) is 114 cm³/mol. The van der Waals surface area contributed by atoms with Gasteiger partial charge < -0.3 is 10.6 Å². The maximum absolute atomic E-state index is 13.0. The zero-order valence-corrected chi connectivity index (χ0v) is 18.0. The fraction of sp³-hybridized carbons (Fsp3) is 0.684. The largest absolute Gasteiger partial charge is 0.378 e. The molecule has 4 rings (SSSR count). The minimum absolute atomic E-state index is 0.0904. The van der Waals surface area contributed by atoms with E-state index in [0.29, 0.717) is 12.2 Å². The molecule has 3 N–H and O–H groups in total. The van der Waals surface area contributed by atoms with Crippen molar-refractivity contribution >= 4 is 17.4 Å². The van der Waals surface area contributed by atoms with Crippen LogP contribution >= 0.6 is 0 Å². The second-order valence-electron chi connectivity index (χ2n) is 8.01. The van der Waals surface area contributed by atoms with Crippen LogP contribution in [0.1, 0.15) is 61.6 Å². The van der Waals surface area contributed by atoms with E-state index in [4.69, 9.17) is 10.4 Å². The van der Waals surface area contributed by atoms with Crippen LogP contribution in [-0.2, 0) is 6.54 Å². The van der Waals surface area contributed by atoms with Crippen molar-refractivity contribution in [1.82, 2.24) is 40.5 Å². The molecule has 0 bridgehead atoms. The quantitative estimate of drug-likeness (QED) is 0.502. The van der Waals surface area contributed by atoms with Crippen molar-refractivity contribution in [3.63, 3.8) is 0 Å². The topological polar surface area (TPSA) is 144 Å². The maximum Gasteiger partial charge on any atom is 0.293 e. The van der Waals surface area contributed by atoms with Gasteiger partial charge in [-0.15, -0.1) is 5.10 Å². The van der Waals surface area contributed by atoms with E-state index in [9.17, 15) is 4.79 Å². The molecule has 0 spiro atoms. The van der Waals surface area contributed by atoms with Gasteiger partial charge in [0.1, 0.15) is 0 Å². The Hall–Kier alpha value is -2.86. The van der Waals surface area contributed by atoms with Crippen molar-refractivity contribution in [2.75, 3.05) is 38.5 Å². The number of nitrogen functional groups attached to an aromatic ring is 1. The first-order chi connectivity index (χ1) is 15.2. The van der Waals surface area contributed by atoms with Crippen LogP contribution in [0.4, 0.5) is 5.82 Å². The van der Waals surface area contributed by atoms with E-state index in [0.717, 1.165) is 64.1 Å². The first kappa shape index (κ1) is 21.4. The minimum atomic E-state index is -0.389. The van der Waals surface area contributed by atoms with Gasteiger partial charge in [-0.1, -0.05) is 25.0 Å². The van der Waals surface area contributed by atoms with Crippen LogP contribution in [0, 0.1) is 0 Å². The first-order valence-corrected chi connectivity index (χ1v) is 11.0. The SMILES string of the molecule is CCN1CCN(Cc2c(C(=O)NN=C3CCCCCC3)nnn2-c2nonc2N)CC1. The average molecular weight is 431 g/mol. The van der Waals surface area contributed by atoms with Crippen molar-refractivity contribution in [1.29, 1.82) is 0 Å². The minimum Gasteiger partial charge on any atom is -0.378 e. The van der Waals surface area contributed by atoms with E-state index in [1.54, 1.807) is 0 Å². The number of piperazine rings is 1. The maximum atomic E-state index is 13.0. The van der Waals surface area contributed by atoms with Crippen molar-refractivity contribution in [3.05, 3.63) is 11.4 Å². The Labute approximate surface area is 180 Å². The molecule has 1 aliphatic carbocycles. The molecule has 1 saturated heterocycles. The Balaban J connectivity index is 1.55. The van der Waals surface area contributed by atoms with Crippen LogP contribution < -0.4 is 11.2 Å². The monoisotopic (exact) mass is 430 g/mol. The molecule has 31 heavy (non-hydrogen) atoms. The highest BCUT2D eigenvalue weighted by molar-refractivity contribution is 5.94. The van der Waals surface area contributed by atoms with E-state index in [1.807, 2.05) is 0 Å². The van der Waals surface area contributed by atoms with Gasteiger partial charge in [0.15, 0.2) is 5.69 Å². The Morgan fingerprint density at radius 3 is 2.45 bits per heavy atom. The number of amides is 1. The fourth-order valence-corrected chi connectivity index (χ4v) is 4.03. The van der Waals surface area contributed by atoms with Crippen LogP contribution in [0.3, 0.4) is 0 Å². The zero-order valence-electron chi connectivity index (χ0n) is 18.0. The highest BCUT2D eigenvalue weighted by atomic mass is 16.6. The summed E-state index contributed by atoms with van der Waals surface area (Å²) in [4.78, 5) is 17.6. The first-order valence-electron chi connectivity index (χ1n) is 11.0. The molecule has 2 aromatic heterocycles. The van der Waals surface area contributed by atoms with Crippen LogP contribution in [0.2, 0.25) is 0 Å². The molecule has 2 aromatic rings. The molecule has 12 heteroatoms. The van der Waals surface area contributed by atoms with E-state index < -0.39 is 0 Å². The number of rotatable bonds is 6. The average Bonchev–Trinajstić information content (AvgIpc) is 3.29. The molecular weight excluding hydrogens is 400 g/mol. The number of hydrogen-bond acceptors (Lipinski definition) is 10. The van der Waals surface area contributed by atoms with Gasteiger partial charge in [0.25, 0.3) is 5.91 Å². The van der Waals surface area contributed by atoms with E-state index >= 15 is 0 Å². The molecule has 12 nitrogen and oxygen atoms in total. The van der Waals surface area contributed by atoms with Crippen molar-refractivity contribution in [3.8, 4) is 5.82 Å². The Morgan fingerprint density at radius 1 is 1.10 bits per heavy atom. The third kappa shape index (κ3) is 5.07. The lowest BCUT2D eigenvalue weighted by atomic mass is 10.2. The van der Waals surface area contributed by atoms with Gasteiger partial charge in [-0.2, -0.15) is 9.78 Å². The summed E-state index contributed by atoms with van der Waals surface area (Å²) in [7, 11) is 0. The number of carbonyl (C=O) groups excluding carboxylic acids is 1. The smallest absolute Gasteiger partial charge is 0.293 e. The number of likely N-dealkylation sites (N-methyl/N-ethyl adjacent to an activating group) is 1. The summed E-state index contributed by atoms with van der Waals surface area (Å²) in [5.41, 5.74) is 10.4. The Kier molecular flexibility index (Phi) is 6.87. The number of hydrogen-bond donors (Lipinski definition) is 2. The predicted octanol–water partition coefficient (Wildman–Crippen LogP) is 0.810. The molecule has 2 fully saturated rings. The van der Waals surface area contributed by atoms with Gasteiger partial charge in [-0.3, -0.25) is 9.69 Å². The highest BCUT2D eigenvalue weighted by Gasteiger charge is 2.27. The number of hydrazone groups is 1. The van der Waals surface area contributed by atoms with Crippen LogP contribution in [0.15, 0.2) is 9.73 Å². The van der Waals surface area contributed by atoms with Crippen molar-refractivity contribution < 1.29 is 9.42 Å². The van der Waals surface area contributed by atoms with E-state index in [-0.39, 0.29) is 23.2 Å². The van der Waals surface area contributed by atoms with Crippen LogP contribution in [0.25, 0.3) is 5.82 Å². The zero-order chi connectivity index (χ0) is 21.6. The number of nitrogens with two attached hydrogens (primary N) is 1. The molecule has 3 heterocycles. The lowest BCUT2D eigenvalue weighted by Gasteiger charge is -2.33. The molecule has 1 amide bonds. The molecule has 1 saturated carbocycles. The second kappa shape index (κ2) is 9.96. The lowest BCUT2D eigenvalue weighted by Crippen LogP contribution is -2.46. The van der Waals surface area contributed by atoms with Gasteiger partial charge in [0.05, 0.1) is 5.69 Å². The molecule has 2 aliphatic rings. The summed E-state index contributed by atoms with van der Waals surface area (Å²) in [5, 5.41) is 20.1. The molecule has 0 atom stereocenters. The molecule has 0 radical (unpaired) electrons. The summed E-state index contributed by atoms with van der Waals surface area (Å²) in [6.45, 7) is 7.39. The van der Waals surface area contributed by atoms with Gasteiger partial charge in [-0.25, -0.2) is 10.1 Å². The highest BCUT2D eigenvalue weighted by Crippen LogP contribution is 2.19. The summed E-state index contributed by atoms with van der Waals surface area (Å²) in [5.74, 6) is -0.0725. The summed E-state index contributed by atoms with van der Waals surface area (Å²) < 4.78 is 6.16. The molecule has 168 valence electrons. The van der Waals surface area contributed by atoms with Crippen molar-refractivity contribution in [2.24, 2.45) is 5.10 Å². The standard InChI is InChI=1S/C19H30N10O2/c1-2-27-9-11-28(12-10-27)13-15-16(22-26-29(15)18-17(20)24-31-25-18)19(30)23-21-14-7-5-3-4-6-8-14/h2-13H2,1H3,(H2,20,24)(H,23,30). The summed E-state index contributed by atoms with van der Waals surface area (Å²) >= 11 is 0. The third-order valence-electron chi connectivity index (χ3n) is 5.96. The van der Waals surface area contributed by atoms with Crippen molar-refractivity contribution in [2.45, 2.75) is 52.0 Å². The van der Waals surface area contributed by atoms with Crippen LogP contribution in [0.5, 0.6) is 0 Å². The Bertz CT molecular complexity index is 903. The van der Waals surface area contributed by atoms with Gasteiger partial charge in [0.2, 0.25) is 11.6 Å².